The lowest BCUT2D eigenvalue weighted by Gasteiger charge is -2.26. The monoisotopic (exact) mass is 279 g/mol. The molecular formula is C16H22ClNO. The summed E-state index contributed by atoms with van der Waals surface area (Å²) >= 11 is 6.41. The Balaban J connectivity index is 2.01. The zero-order valence-corrected chi connectivity index (χ0v) is 12.3. The molecule has 1 aliphatic rings. The van der Waals surface area contributed by atoms with E-state index in [-0.39, 0.29) is 11.8 Å². The van der Waals surface area contributed by atoms with E-state index in [1.807, 2.05) is 42.2 Å². The van der Waals surface area contributed by atoms with Crippen molar-refractivity contribution in [2.45, 2.75) is 43.9 Å². The number of carbonyl (C=O) groups is 1. The van der Waals surface area contributed by atoms with E-state index in [4.69, 9.17) is 11.6 Å². The van der Waals surface area contributed by atoms with Gasteiger partial charge in [-0.1, -0.05) is 50.1 Å². The van der Waals surface area contributed by atoms with Crippen LogP contribution >= 0.6 is 11.6 Å². The maximum Gasteiger partial charge on any atom is 0.241 e. The van der Waals surface area contributed by atoms with Crippen molar-refractivity contribution in [2.24, 2.45) is 0 Å². The Morgan fingerprint density at radius 3 is 2.26 bits per heavy atom. The van der Waals surface area contributed by atoms with Crippen LogP contribution in [0.3, 0.4) is 0 Å². The van der Waals surface area contributed by atoms with Gasteiger partial charge in [-0.2, -0.15) is 0 Å². The number of hydrogen-bond donors (Lipinski definition) is 0. The molecule has 2 rings (SSSR count). The molecule has 0 radical (unpaired) electrons. The van der Waals surface area contributed by atoms with Crippen molar-refractivity contribution in [1.29, 1.82) is 0 Å². The Bertz CT molecular complexity index is 398. The van der Waals surface area contributed by atoms with Gasteiger partial charge in [0.25, 0.3) is 0 Å². The number of carbonyl (C=O) groups excluding carboxylic acids is 1. The molecule has 0 N–H and O–H groups in total. The molecule has 1 amide bonds. The fourth-order valence-corrected chi connectivity index (χ4v) is 2.89. The molecule has 2 unspecified atom stereocenters. The first kappa shape index (κ1) is 14.4. The highest BCUT2D eigenvalue weighted by molar-refractivity contribution is 6.31. The standard InChI is InChI=1S/C16H22ClNO/c1-13(14-9-5-4-6-10-14)15(17)16(19)18-11-7-2-3-8-12-18/h4-6,9-10,13,15H,2-3,7-8,11-12H2,1H3. The third kappa shape index (κ3) is 3.73. The number of likely N-dealkylation sites (tertiary alicyclic amines) is 1. The molecule has 0 aromatic heterocycles. The molecule has 19 heavy (non-hydrogen) atoms. The normalized spacial score (nSPS) is 19.6. The Morgan fingerprint density at radius 1 is 1.11 bits per heavy atom. The third-order valence-corrected chi connectivity index (χ3v) is 4.48. The molecule has 1 fully saturated rings. The lowest BCUT2D eigenvalue weighted by Crippen LogP contribution is -2.39. The van der Waals surface area contributed by atoms with Crippen LogP contribution in [0.25, 0.3) is 0 Å². The second kappa shape index (κ2) is 6.95. The van der Waals surface area contributed by atoms with Crippen LogP contribution in [-0.2, 0) is 4.79 Å². The van der Waals surface area contributed by atoms with E-state index in [1.54, 1.807) is 0 Å². The van der Waals surface area contributed by atoms with E-state index in [0.29, 0.717) is 0 Å². The number of nitrogens with zero attached hydrogens (tertiary/aromatic N) is 1. The molecular weight excluding hydrogens is 258 g/mol. The molecule has 1 saturated heterocycles. The van der Waals surface area contributed by atoms with Gasteiger partial charge in [-0.05, 0) is 18.4 Å². The largest absolute Gasteiger partial charge is 0.341 e. The molecule has 1 aliphatic heterocycles. The fourth-order valence-electron chi connectivity index (χ4n) is 2.60. The number of alkyl halides is 1. The van der Waals surface area contributed by atoms with Gasteiger partial charge in [0.15, 0.2) is 0 Å². The molecule has 104 valence electrons. The zero-order chi connectivity index (χ0) is 13.7. The average molecular weight is 280 g/mol. The van der Waals surface area contributed by atoms with Crippen LogP contribution in [0.15, 0.2) is 30.3 Å². The first-order valence-corrected chi connectivity index (χ1v) is 7.61. The predicted octanol–water partition coefficient (Wildman–Crippen LogP) is 3.80. The summed E-state index contributed by atoms with van der Waals surface area (Å²) in [4.78, 5) is 14.4. The Morgan fingerprint density at radius 2 is 1.68 bits per heavy atom. The van der Waals surface area contributed by atoms with Crippen LogP contribution in [0.2, 0.25) is 0 Å². The molecule has 0 spiro atoms. The molecule has 2 atom stereocenters. The summed E-state index contributed by atoms with van der Waals surface area (Å²) < 4.78 is 0. The van der Waals surface area contributed by atoms with E-state index in [9.17, 15) is 4.79 Å². The summed E-state index contributed by atoms with van der Waals surface area (Å²) in [5.41, 5.74) is 1.13. The molecule has 2 nitrogen and oxygen atoms in total. The minimum absolute atomic E-state index is 0.0543. The van der Waals surface area contributed by atoms with E-state index >= 15 is 0 Å². The van der Waals surface area contributed by atoms with Crippen LogP contribution in [0, 0.1) is 0 Å². The number of benzene rings is 1. The van der Waals surface area contributed by atoms with Gasteiger partial charge < -0.3 is 4.90 Å². The number of hydrogen-bond acceptors (Lipinski definition) is 1. The molecule has 1 heterocycles. The van der Waals surface area contributed by atoms with Crippen molar-refractivity contribution >= 4 is 17.5 Å². The zero-order valence-electron chi connectivity index (χ0n) is 11.5. The predicted molar refractivity (Wildman–Crippen MR) is 79.5 cm³/mol. The van der Waals surface area contributed by atoms with Gasteiger partial charge >= 0.3 is 0 Å². The van der Waals surface area contributed by atoms with Gasteiger partial charge in [0.1, 0.15) is 5.38 Å². The number of rotatable bonds is 3. The summed E-state index contributed by atoms with van der Waals surface area (Å²) in [6, 6.07) is 10.0. The van der Waals surface area contributed by atoms with E-state index < -0.39 is 5.38 Å². The highest BCUT2D eigenvalue weighted by Crippen LogP contribution is 2.25. The summed E-state index contributed by atoms with van der Waals surface area (Å²) in [6.07, 6.45) is 4.67. The van der Waals surface area contributed by atoms with Crippen molar-refractivity contribution in [2.75, 3.05) is 13.1 Å². The van der Waals surface area contributed by atoms with Gasteiger partial charge in [-0.15, -0.1) is 11.6 Å². The van der Waals surface area contributed by atoms with Crippen LogP contribution in [0.5, 0.6) is 0 Å². The molecule has 0 aliphatic carbocycles. The van der Waals surface area contributed by atoms with Crippen LogP contribution in [-0.4, -0.2) is 29.3 Å². The summed E-state index contributed by atoms with van der Waals surface area (Å²) in [6.45, 7) is 3.76. The minimum atomic E-state index is -0.458. The molecule has 0 bridgehead atoms. The van der Waals surface area contributed by atoms with Gasteiger partial charge in [-0.25, -0.2) is 0 Å². The van der Waals surface area contributed by atoms with Crippen molar-refractivity contribution in [3.8, 4) is 0 Å². The second-order valence-corrected chi connectivity index (χ2v) is 5.81. The van der Waals surface area contributed by atoms with Crippen molar-refractivity contribution in [3.63, 3.8) is 0 Å². The summed E-state index contributed by atoms with van der Waals surface area (Å²) in [7, 11) is 0. The number of halogens is 1. The van der Waals surface area contributed by atoms with Gasteiger partial charge in [0.2, 0.25) is 5.91 Å². The van der Waals surface area contributed by atoms with Gasteiger partial charge in [0, 0.05) is 19.0 Å². The Hall–Kier alpha value is -1.02. The average Bonchev–Trinajstić information content (AvgIpc) is 2.75. The summed E-state index contributed by atoms with van der Waals surface area (Å²) in [5.74, 6) is 0.151. The SMILES string of the molecule is CC(c1ccccc1)C(Cl)C(=O)N1CCCCCC1. The molecule has 0 saturated carbocycles. The molecule has 3 heteroatoms. The van der Waals surface area contributed by atoms with E-state index in [1.165, 1.54) is 12.8 Å². The highest BCUT2D eigenvalue weighted by atomic mass is 35.5. The maximum absolute atomic E-state index is 12.5. The van der Waals surface area contributed by atoms with Crippen molar-refractivity contribution in [3.05, 3.63) is 35.9 Å². The van der Waals surface area contributed by atoms with Crippen LogP contribution in [0.1, 0.15) is 44.1 Å². The molecule has 1 aromatic carbocycles. The molecule has 1 aromatic rings. The maximum atomic E-state index is 12.5. The van der Waals surface area contributed by atoms with Crippen LogP contribution in [0.4, 0.5) is 0 Å². The fraction of sp³-hybridized carbons (Fsp3) is 0.562. The topological polar surface area (TPSA) is 20.3 Å². The minimum Gasteiger partial charge on any atom is -0.341 e. The first-order valence-electron chi connectivity index (χ1n) is 7.18. The second-order valence-electron chi connectivity index (χ2n) is 5.34. The van der Waals surface area contributed by atoms with Crippen molar-refractivity contribution < 1.29 is 4.79 Å². The van der Waals surface area contributed by atoms with Gasteiger partial charge in [0.05, 0.1) is 0 Å². The van der Waals surface area contributed by atoms with Crippen molar-refractivity contribution in [1.82, 2.24) is 4.90 Å². The Labute approximate surface area is 120 Å². The lowest BCUT2D eigenvalue weighted by atomic mass is 9.96. The van der Waals surface area contributed by atoms with E-state index in [2.05, 4.69) is 0 Å². The van der Waals surface area contributed by atoms with Crippen LogP contribution < -0.4 is 0 Å². The van der Waals surface area contributed by atoms with Gasteiger partial charge in [-0.3, -0.25) is 4.79 Å². The summed E-state index contributed by atoms with van der Waals surface area (Å²) in [5, 5.41) is -0.458. The third-order valence-electron chi connectivity index (χ3n) is 3.92. The number of amides is 1. The quantitative estimate of drug-likeness (QED) is 0.771. The smallest absolute Gasteiger partial charge is 0.241 e. The first-order chi connectivity index (χ1) is 9.20. The Kier molecular flexibility index (Phi) is 5.26. The lowest BCUT2D eigenvalue weighted by molar-refractivity contribution is -0.131. The highest BCUT2D eigenvalue weighted by Gasteiger charge is 2.28. The van der Waals surface area contributed by atoms with E-state index in [0.717, 1.165) is 31.5 Å².